The van der Waals surface area contributed by atoms with Crippen LogP contribution in [-0.2, 0) is 26.3 Å². The molecule has 0 aliphatic rings. The van der Waals surface area contributed by atoms with Crippen LogP contribution in [0.5, 0.6) is 0 Å². The van der Waals surface area contributed by atoms with Crippen LogP contribution in [0.15, 0.2) is 23.1 Å². The van der Waals surface area contributed by atoms with Gasteiger partial charge in [0.2, 0.25) is 0 Å². The molecule has 17 heavy (non-hydrogen) atoms. The molecule has 0 amide bonds. The molecule has 5 nitrogen and oxygen atoms in total. The van der Waals surface area contributed by atoms with Crippen molar-refractivity contribution < 1.29 is 26.6 Å². The van der Waals surface area contributed by atoms with E-state index < -0.39 is 21.1 Å². The monoisotopic (exact) mass is 262 g/mol. The Morgan fingerprint density at radius 2 is 2.00 bits per heavy atom. The third kappa shape index (κ3) is 3.24. The molecule has 0 heterocycles. The highest BCUT2D eigenvalue weighted by Crippen LogP contribution is 2.21. The first kappa shape index (κ1) is 13.6. The lowest BCUT2D eigenvalue weighted by molar-refractivity contribution is 0.0600. The van der Waals surface area contributed by atoms with Gasteiger partial charge in [-0.05, 0) is 17.7 Å². The molecule has 0 spiro atoms. The number of carbonyl (C=O) groups is 1. The molecular weight excluding hydrogens is 251 g/mol. The van der Waals surface area contributed by atoms with Gasteiger partial charge in [-0.1, -0.05) is 6.07 Å². The molecule has 0 atom stereocenters. The molecule has 0 aliphatic heterocycles. The van der Waals surface area contributed by atoms with E-state index in [2.05, 4.69) is 4.74 Å². The summed E-state index contributed by atoms with van der Waals surface area (Å²) >= 11 is 0. The maximum atomic E-state index is 13.0. The smallest absolute Gasteiger partial charge is 0.337 e. The quantitative estimate of drug-likeness (QED) is 0.604. The van der Waals surface area contributed by atoms with Crippen molar-refractivity contribution in [3.8, 4) is 0 Å². The fourth-order valence-corrected chi connectivity index (χ4v) is 2.01. The molecule has 0 saturated carbocycles. The van der Waals surface area contributed by atoms with Gasteiger partial charge in [0.1, 0.15) is 4.90 Å². The van der Waals surface area contributed by atoms with E-state index in [1.54, 1.807) is 0 Å². The molecule has 1 rings (SSSR count). The highest BCUT2D eigenvalue weighted by molar-refractivity contribution is 7.86. The average molecular weight is 262 g/mol. The SMILES string of the molecule is COCc1ccc(C(=O)OC)cc1S(=O)(=O)F. The minimum Gasteiger partial charge on any atom is -0.465 e. The van der Waals surface area contributed by atoms with Crippen molar-refractivity contribution in [2.75, 3.05) is 14.2 Å². The maximum Gasteiger partial charge on any atom is 0.337 e. The van der Waals surface area contributed by atoms with Gasteiger partial charge in [-0.25, -0.2) is 4.79 Å². The molecule has 7 heteroatoms. The largest absolute Gasteiger partial charge is 0.465 e. The molecule has 0 bridgehead atoms. The Morgan fingerprint density at radius 3 is 2.47 bits per heavy atom. The van der Waals surface area contributed by atoms with Crippen LogP contribution in [0.4, 0.5) is 3.89 Å². The zero-order valence-corrected chi connectivity index (χ0v) is 10.1. The summed E-state index contributed by atoms with van der Waals surface area (Å²) in [6.07, 6.45) is 0. The zero-order valence-electron chi connectivity index (χ0n) is 9.27. The Morgan fingerprint density at radius 1 is 1.35 bits per heavy atom. The number of methoxy groups -OCH3 is 2. The Labute approximate surface area is 98.4 Å². The Balaban J connectivity index is 3.34. The summed E-state index contributed by atoms with van der Waals surface area (Å²) < 4.78 is 44.0. The van der Waals surface area contributed by atoms with E-state index >= 15 is 0 Å². The van der Waals surface area contributed by atoms with Gasteiger partial charge in [0.05, 0.1) is 19.3 Å². The Bertz CT molecular complexity index is 523. The number of halogens is 1. The molecule has 1 aromatic rings. The standard InChI is InChI=1S/C10H11FO5S/c1-15-6-8-4-3-7(10(12)16-2)5-9(8)17(11,13)14/h3-5H,6H2,1-2H3. The lowest BCUT2D eigenvalue weighted by atomic mass is 10.1. The van der Waals surface area contributed by atoms with E-state index in [1.165, 1.54) is 19.2 Å². The van der Waals surface area contributed by atoms with E-state index in [-0.39, 0.29) is 17.7 Å². The van der Waals surface area contributed by atoms with Gasteiger partial charge in [0.25, 0.3) is 0 Å². The Kier molecular flexibility index (Phi) is 4.19. The molecule has 0 saturated heterocycles. The number of ether oxygens (including phenoxy) is 2. The first-order valence-corrected chi connectivity index (χ1v) is 5.93. The molecular formula is C10H11FO5S. The molecule has 94 valence electrons. The normalized spacial score (nSPS) is 11.2. The number of hydrogen-bond acceptors (Lipinski definition) is 5. The van der Waals surface area contributed by atoms with Gasteiger partial charge >= 0.3 is 16.2 Å². The minimum atomic E-state index is -4.91. The van der Waals surface area contributed by atoms with Gasteiger partial charge in [-0.2, -0.15) is 8.42 Å². The lowest BCUT2D eigenvalue weighted by Crippen LogP contribution is -2.06. The highest BCUT2D eigenvalue weighted by atomic mass is 32.3. The third-order valence-corrected chi connectivity index (χ3v) is 2.96. The van der Waals surface area contributed by atoms with Crippen molar-refractivity contribution in [2.45, 2.75) is 11.5 Å². The molecule has 0 N–H and O–H groups in total. The average Bonchev–Trinajstić information content (AvgIpc) is 2.27. The number of esters is 1. The van der Waals surface area contributed by atoms with Crippen molar-refractivity contribution in [3.63, 3.8) is 0 Å². The van der Waals surface area contributed by atoms with E-state index in [4.69, 9.17) is 4.74 Å². The first-order valence-electron chi connectivity index (χ1n) is 4.55. The van der Waals surface area contributed by atoms with Crippen LogP contribution >= 0.6 is 0 Å². The summed E-state index contributed by atoms with van der Waals surface area (Å²) in [7, 11) is -2.41. The fraction of sp³-hybridized carbons (Fsp3) is 0.300. The topological polar surface area (TPSA) is 69.7 Å². The predicted octanol–water partition coefficient (Wildman–Crippen LogP) is 1.28. The van der Waals surface area contributed by atoms with Crippen molar-refractivity contribution >= 4 is 16.2 Å². The van der Waals surface area contributed by atoms with Crippen LogP contribution < -0.4 is 0 Å². The summed E-state index contributed by atoms with van der Waals surface area (Å²) in [5.41, 5.74) is 0.103. The van der Waals surface area contributed by atoms with E-state index in [9.17, 15) is 17.1 Å². The van der Waals surface area contributed by atoms with E-state index in [0.29, 0.717) is 0 Å². The van der Waals surface area contributed by atoms with Gasteiger partial charge in [-0.3, -0.25) is 0 Å². The van der Waals surface area contributed by atoms with Crippen molar-refractivity contribution in [2.24, 2.45) is 0 Å². The summed E-state index contributed by atoms with van der Waals surface area (Å²) in [6, 6.07) is 3.58. The van der Waals surface area contributed by atoms with Gasteiger partial charge in [-0.15, -0.1) is 3.89 Å². The van der Waals surface area contributed by atoms with E-state index in [1.807, 2.05) is 0 Å². The molecule has 0 unspecified atom stereocenters. The van der Waals surface area contributed by atoms with E-state index in [0.717, 1.165) is 13.2 Å². The maximum absolute atomic E-state index is 13.0. The summed E-state index contributed by atoms with van der Waals surface area (Å²) in [5.74, 6) is -0.737. The van der Waals surface area contributed by atoms with Crippen LogP contribution in [0.2, 0.25) is 0 Å². The number of hydrogen-bond donors (Lipinski definition) is 0. The van der Waals surface area contributed by atoms with Gasteiger partial charge < -0.3 is 9.47 Å². The molecule has 0 fully saturated rings. The van der Waals surface area contributed by atoms with Gasteiger partial charge in [0, 0.05) is 7.11 Å². The van der Waals surface area contributed by atoms with Crippen LogP contribution in [-0.4, -0.2) is 28.6 Å². The van der Waals surface area contributed by atoms with Crippen molar-refractivity contribution in [3.05, 3.63) is 29.3 Å². The van der Waals surface area contributed by atoms with Crippen LogP contribution in [0, 0.1) is 0 Å². The summed E-state index contributed by atoms with van der Waals surface area (Å²) in [6.45, 7) is -0.0695. The second-order valence-corrected chi connectivity index (χ2v) is 4.50. The molecule has 0 radical (unpaired) electrons. The van der Waals surface area contributed by atoms with Gasteiger partial charge in [0.15, 0.2) is 0 Å². The predicted molar refractivity (Wildman–Crippen MR) is 56.8 cm³/mol. The summed E-state index contributed by atoms with van der Waals surface area (Å²) in [5, 5.41) is 0. The van der Waals surface area contributed by atoms with Crippen LogP contribution in [0.3, 0.4) is 0 Å². The van der Waals surface area contributed by atoms with Crippen LogP contribution in [0.1, 0.15) is 15.9 Å². The summed E-state index contributed by atoms with van der Waals surface area (Å²) in [4.78, 5) is 10.6. The fourth-order valence-electron chi connectivity index (χ4n) is 1.30. The molecule has 0 aliphatic carbocycles. The number of carbonyl (C=O) groups excluding carboxylic acids is 1. The first-order chi connectivity index (χ1) is 7.90. The molecule has 1 aromatic carbocycles. The van der Waals surface area contributed by atoms with Crippen molar-refractivity contribution in [1.82, 2.24) is 0 Å². The minimum absolute atomic E-state index is 0.0384. The van der Waals surface area contributed by atoms with Crippen LogP contribution in [0.25, 0.3) is 0 Å². The number of rotatable bonds is 4. The Hall–Kier alpha value is -1.47. The highest BCUT2D eigenvalue weighted by Gasteiger charge is 2.20. The van der Waals surface area contributed by atoms with Crippen molar-refractivity contribution in [1.29, 1.82) is 0 Å². The number of benzene rings is 1. The second-order valence-electron chi connectivity index (χ2n) is 3.18. The molecule has 0 aromatic heterocycles. The zero-order chi connectivity index (χ0) is 13.1. The third-order valence-electron chi connectivity index (χ3n) is 2.05. The lowest BCUT2D eigenvalue weighted by Gasteiger charge is -2.07. The second kappa shape index (κ2) is 5.24.